The lowest BCUT2D eigenvalue weighted by molar-refractivity contribution is 0.431. The Kier molecular flexibility index (Phi) is 2.71. The van der Waals surface area contributed by atoms with Gasteiger partial charge in [0.25, 0.3) is 0 Å². The van der Waals surface area contributed by atoms with Gasteiger partial charge in [-0.3, -0.25) is 0 Å². The van der Waals surface area contributed by atoms with Gasteiger partial charge >= 0.3 is 0 Å². The van der Waals surface area contributed by atoms with Crippen molar-refractivity contribution in [2.45, 2.75) is 0 Å². The Morgan fingerprint density at radius 1 is 0.857 bits per heavy atom. The Morgan fingerprint density at radius 3 is 2.38 bits per heavy atom. The number of aromatic nitrogens is 2. The van der Waals surface area contributed by atoms with Crippen LogP contribution in [0.1, 0.15) is 0 Å². The summed E-state index contributed by atoms with van der Waals surface area (Å²) in [5.74, 6) is 1.43. The number of furan rings is 1. The summed E-state index contributed by atoms with van der Waals surface area (Å²) >= 11 is 0. The quantitative estimate of drug-likeness (QED) is 0.557. The van der Waals surface area contributed by atoms with E-state index >= 15 is 0 Å². The van der Waals surface area contributed by atoms with E-state index in [4.69, 9.17) is 8.94 Å². The fourth-order valence-corrected chi connectivity index (χ4v) is 2.26. The molecule has 0 bridgehead atoms. The molecule has 3 aromatic heterocycles. The maximum atomic E-state index is 5.39. The zero-order valence-corrected chi connectivity index (χ0v) is 11.1. The smallest absolute Gasteiger partial charge is 0.167 e. The molecule has 0 aliphatic carbocycles. The van der Waals surface area contributed by atoms with Gasteiger partial charge in [0.1, 0.15) is 5.69 Å². The SMILES string of the molecule is c1coc(-c2cc(-c3ccc(-n4cccc4)cc3)on2)c1. The van der Waals surface area contributed by atoms with E-state index in [-0.39, 0.29) is 0 Å². The van der Waals surface area contributed by atoms with Crippen molar-refractivity contribution in [3.63, 3.8) is 0 Å². The molecule has 0 atom stereocenters. The standard InChI is InChI=1S/C17H12N2O2/c1-2-10-19(9-1)14-7-5-13(6-8-14)17-12-15(18-21-17)16-4-3-11-20-16/h1-12H. The van der Waals surface area contributed by atoms with Crippen LogP contribution in [0.4, 0.5) is 0 Å². The van der Waals surface area contributed by atoms with E-state index in [2.05, 4.69) is 9.72 Å². The molecule has 4 nitrogen and oxygen atoms in total. The average molecular weight is 276 g/mol. The molecule has 0 aliphatic heterocycles. The first-order valence-electron chi connectivity index (χ1n) is 6.64. The van der Waals surface area contributed by atoms with Crippen LogP contribution in [0.3, 0.4) is 0 Å². The molecule has 0 amide bonds. The molecular weight excluding hydrogens is 264 g/mol. The van der Waals surface area contributed by atoms with Crippen molar-refractivity contribution >= 4 is 0 Å². The molecule has 4 aromatic rings. The molecule has 102 valence electrons. The monoisotopic (exact) mass is 276 g/mol. The molecule has 0 saturated heterocycles. The van der Waals surface area contributed by atoms with Crippen LogP contribution in [0.2, 0.25) is 0 Å². The first kappa shape index (κ1) is 11.8. The molecule has 1 aromatic carbocycles. The summed E-state index contributed by atoms with van der Waals surface area (Å²) in [5, 5.41) is 4.03. The maximum absolute atomic E-state index is 5.39. The third kappa shape index (κ3) is 2.17. The molecule has 4 heteroatoms. The predicted molar refractivity (Wildman–Crippen MR) is 79.0 cm³/mol. The van der Waals surface area contributed by atoms with Crippen LogP contribution < -0.4 is 0 Å². The molecule has 0 aliphatic rings. The highest BCUT2D eigenvalue weighted by molar-refractivity contribution is 5.64. The summed E-state index contributed by atoms with van der Waals surface area (Å²) in [6.45, 7) is 0. The highest BCUT2D eigenvalue weighted by Gasteiger charge is 2.10. The summed E-state index contributed by atoms with van der Waals surface area (Å²) in [5.41, 5.74) is 2.79. The maximum Gasteiger partial charge on any atom is 0.167 e. The van der Waals surface area contributed by atoms with Gasteiger partial charge in [-0.1, -0.05) is 5.16 Å². The second-order valence-electron chi connectivity index (χ2n) is 4.69. The zero-order chi connectivity index (χ0) is 14.1. The van der Waals surface area contributed by atoms with E-state index in [0.29, 0.717) is 11.5 Å². The third-order valence-corrected chi connectivity index (χ3v) is 3.34. The zero-order valence-electron chi connectivity index (χ0n) is 11.1. The first-order chi connectivity index (χ1) is 10.4. The Morgan fingerprint density at radius 2 is 1.67 bits per heavy atom. The van der Waals surface area contributed by atoms with Gasteiger partial charge in [0.2, 0.25) is 0 Å². The van der Waals surface area contributed by atoms with Gasteiger partial charge in [-0.05, 0) is 48.5 Å². The lowest BCUT2D eigenvalue weighted by atomic mass is 10.1. The fraction of sp³-hybridized carbons (Fsp3) is 0. The predicted octanol–water partition coefficient (Wildman–Crippen LogP) is 4.39. The lowest BCUT2D eigenvalue weighted by Crippen LogP contribution is -1.88. The molecule has 0 N–H and O–H groups in total. The highest BCUT2D eigenvalue weighted by atomic mass is 16.5. The van der Waals surface area contributed by atoms with Gasteiger partial charge in [-0.25, -0.2) is 0 Å². The van der Waals surface area contributed by atoms with Crippen LogP contribution in [0.5, 0.6) is 0 Å². The van der Waals surface area contributed by atoms with E-state index in [0.717, 1.165) is 17.0 Å². The van der Waals surface area contributed by atoms with Gasteiger partial charge in [0, 0.05) is 29.7 Å². The van der Waals surface area contributed by atoms with Gasteiger partial charge in [-0.2, -0.15) is 0 Å². The molecule has 0 unspecified atom stereocenters. The molecule has 4 rings (SSSR count). The largest absolute Gasteiger partial charge is 0.463 e. The normalized spacial score (nSPS) is 10.9. The van der Waals surface area contributed by atoms with Gasteiger partial charge in [0.05, 0.1) is 6.26 Å². The van der Waals surface area contributed by atoms with E-state index in [9.17, 15) is 0 Å². The van der Waals surface area contributed by atoms with Crippen LogP contribution in [-0.4, -0.2) is 9.72 Å². The summed E-state index contributed by atoms with van der Waals surface area (Å²) in [6.07, 6.45) is 5.65. The average Bonchev–Trinajstić information content (AvgIpc) is 3.27. The Bertz CT molecular complexity index is 825. The Labute approximate surface area is 121 Å². The van der Waals surface area contributed by atoms with Crippen molar-refractivity contribution in [2.24, 2.45) is 0 Å². The number of rotatable bonds is 3. The van der Waals surface area contributed by atoms with E-state index < -0.39 is 0 Å². The van der Waals surface area contributed by atoms with Crippen LogP contribution in [-0.2, 0) is 0 Å². The van der Waals surface area contributed by atoms with Gasteiger partial charge in [0.15, 0.2) is 11.5 Å². The summed E-state index contributed by atoms with van der Waals surface area (Å²) in [6, 6.07) is 17.7. The summed E-state index contributed by atoms with van der Waals surface area (Å²) < 4.78 is 12.8. The molecule has 3 heterocycles. The van der Waals surface area contributed by atoms with E-state index in [1.165, 1.54) is 0 Å². The number of nitrogens with zero attached hydrogens (tertiary/aromatic N) is 2. The van der Waals surface area contributed by atoms with Crippen LogP contribution in [0.15, 0.2) is 82.2 Å². The minimum Gasteiger partial charge on any atom is -0.463 e. The van der Waals surface area contributed by atoms with Crippen molar-refractivity contribution in [3.05, 3.63) is 73.3 Å². The molecule has 21 heavy (non-hydrogen) atoms. The summed E-state index contributed by atoms with van der Waals surface area (Å²) in [4.78, 5) is 0. The van der Waals surface area contributed by atoms with Crippen LogP contribution in [0, 0.1) is 0 Å². The number of hydrogen-bond donors (Lipinski definition) is 0. The summed E-state index contributed by atoms with van der Waals surface area (Å²) in [7, 11) is 0. The minimum atomic E-state index is 0.699. The van der Waals surface area contributed by atoms with Gasteiger partial charge in [-0.15, -0.1) is 0 Å². The van der Waals surface area contributed by atoms with E-state index in [1.807, 2.05) is 67.0 Å². The van der Waals surface area contributed by atoms with Gasteiger partial charge < -0.3 is 13.5 Å². The Hall–Kier alpha value is -3.01. The lowest BCUT2D eigenvalue weighted by Gasteiger charge is -2.03. The van der Waals surface area contributed by atoms with Crippen molar-refractivity contribution < 1.29 is 8.94 Å². The van der Waals surface area contributed by atoms with Crippen molar-refractivity contribution in [1.29, 1.82) is 0 Å². The highest BCUT2D eigenvalue weighted by Crippen LogP contribution is 2.26. The first-order valence-corrected chi connectivity index (χ1v) is 6.64. The second-order valence-corrected chi connectivity index (χ2v) is 4.69. The number of benzene rings is 1. The van der Waals surface area contributed by atoms with Crippen molar-refractivity contribution in [1.82, 2.24) is 9.72 Å². The van der Waals surface area contributed by atoms with Crippen molar-refractivity contribution in [2.75, 3.05) is 0 Å². The molecule has 0 spiro atoms. The van der Waals surface area contributed by atoms with Crippen molar-refractivity contribution in [3.8, 4) is 28.5 Å². The minimum absolute atomic E-state index is 0.699. The van der Waals surface area contributed by atoms with E-state index in [1.54, 1.807) is 6.26 Å². The Balaban J connectivity index is 1.65. The topological polar surface area (TPSA) is 44.1 Å². The van der Waals surface area contributed by atoms with Crippen LogP contribution >= 0.6 is 0 Å². The third-order valence-electron chi connectivity index (χ3n) is 3.34. The number of hydrogen-bond acceptors (Lipinski definition) is 3. The van der Waals surface area contributed by atoms with Crippen LogP contribution in [0.25, 0.3) is 28.5 Å². The molecule has 0 saturated carbocycles. The molecule has 0 fully saturated rings. The molecule has 0 radical (unpaired) electrons. The molecular formula is C17H12N2O2. The second kappa shape index (κ2) is 4.83. The fourth-order valence-electron chi connectivity index (χ4n) is 2.26.